The summed E-state index contributed by atoms with van der Waals surface area (Å²) in [5.41, 5.74) is 4.23. The molecule has 74 valence electrons. The third kappa shape index (κ3) is 1.37. The van der Waals surface area contributed by atoms with Crippen LogP contribution in [0.2, 0.25) is 0 Å². The average molecular weight is 188 g/mol. The van der Waals surface area contributed by atoms with Gasteiger partial charge in [0.05, 0.1) is 0 Å². The number of fused-ring (bicyclic) bond motifs is 1. The maximum atomic E-state index is 10.8. The molecule has 1 heteroatoms. The van der Waals surface area contributed by atoms with Crippen LogP contribution in [0.5, 0.6) is 0 Å². The van der Waals surface area contributed by atoms with Crippen LogP contribution in [0.3, 0.4) is 0 Å². The van der Waals surface area contributed by atoms with E-state index < -0.39 is 0 Å². The number of rotatable bonds is 2. The molecule has 1 aromatic carbocycles. The van der Waals surface area contributed by atoms with Crippen LogP contribution in [0.15, 0.2) is 18.2 Å². The van der Waals surface area contributed by atoms with Crippen molar-refractivity contribution in [2.75, 3.05) is 0 Å². The first-order valence-corrected chi connectivity index (χ1v) is 5.27. The van der Waals surface area contributed by atoms with Crippen LogP contribution >= 0.6 is 0 Å². The van der Waals surface area contributed by atoms with Crippen LogP contribution < -0.4 is 0 Å². The third-order valence-corrected chi connectivity index (χ3v) is 3.36. The minimum atomic E-state index is 0.164. The van der Waals surface area contributed by atoms with Crippen molar-refractivity contribution < 1.29 is 4.79 Å². The molecule has 1 aliphatic rings. The molecule has 14 heavy (non-hydrogen) atoms. The predicted molar refractivity (Wildman–Crippen MR) is 57.5 cm³/mol. The lowest BCUT2D eigenvalue weighted by Crippen LogP contribution is -2.08. The highest BCUT2D eigenvalue weighted by Crippen LogP contribution is 2.39. The molecule has 1 nitrogen and oxygen atoms in total. The van der Waals surface area contributed by atoms with E-state index in [-0.39, 0.29) is 5.92 Å². The van der Waals surface area contributed by atoms with Crippen molar-refractivity contribution in [3.05, 3.63) is 34.9 Å². The normalized spacial score (nSPS) is 21.7. The van der Waals surface area contributed by atoms with E-state index in [1.165, 1.54) is 16.7 Å². The number of carbonyl (C=O) groups excluding carboxylic acids is 1. The summed E-state index contributed by atoms with van der Waals surface area (Å²) >= 11 is 0. The van der Waals surface area contributed by atoms with Crippen molar-refractivity contribution in [3.63, 3.8) is 0 Å². The van der Waals surface area contributed by atoms with Gasteiger partial charge in [0.1, 0.15) is 6.29 Å². The topological polar surface area (TPSA) is 17.1 Å². The Morgan fingerprint density at radius 2 is 2.29 bits per heavy atom. The second-order valence-electron chi connectivity index (χ2n) is 4.29. The molecule has 0 amide bonds. The molecule has 1 aliphatic carbocycles. The van der Waals surface area contributed by atoms with E-state index in [4.69, 9.17) is 0 Å². The van der Waals surface area contributed by atoms with Gasteiger partial charge in [-0.25, -0.2) is 0 Å². The molecule has 0 saturated heterocycles. The zero-order valence-corrected chi connectivity index (χ0v) is 8.79. The monoisotopic (exact) mass is 188 g/mol. The van der Waals surface area contributed by atoms with Gasteiger partial charge in [-0.05, 0) is 42.4 Å². The van der Waals surface area contributed by atoms with Crippen LogP contribution in [0, 0.1) is 12.8 Å². The van der Waals surface area contributed by atoms with Crippen molar-refractivity contribution in [2.24, 2.45) is 5.92 Å². The summed E-state index contributed by atoms with van der Waals surface area (Å²) in [7, 11) is 0. The van der Waals surface area contributed by atoms with Gasteiger partial charge in [0.15, 0.2) is 0 Å². The Bertz CT molecular complexity index is 354. The molecule has 0 fully saturated rings. The van der Waals surface area contributed by atoms with Gasteiger partial charge in [0.2, 0.25) is 0 Å². The number of benzene rings is 1. The minimum Gasteiger partial charge on any atom is -0.303 e. The lowest BCUT2D eigenvalue weighted by atomic mass is 9.87. The van der Waals surface area contributed by atoms with Gasteiger partial charge < -0.3 is 4.79 Å². The van der Waals surface area contributed by atoms with Crippen molar-refractivity contribution in [1.29, 1.82) is 0 Å². The summed E-state index contributed by atoms with van der Waals surface area (Å²) in [6.45, 7) is 4.17. The number of aryl methyl sites for hydroxylation is 2. The van der Waals surface area contributed by atoms with Gasteiger partial charge in [-0.2, -0.15) is 0 Å². The zero-order chi connectivity index (χ0) is 10.1. The SMILES string of the molecule is Cc1cccc2c1C(C(C)C=O)CC2. The van der Waals surface area contributed by atoms with Gasteiger partial charge in [-0.1, -0.05) is 25.1 Å². The fraction of sp³-hybridized carbons (Fsp3) is 0.462. The second-order valence-corrected chi connectivity index (χ2v) is 4.29. The zero-order valence-electron chi connectivity index (χ0n) is 8.79. The Labute approximate surface area is 85.1 Å². The van der Waals surface area contributed by atoms with Crippen LogP contribution in [0.4, 0.5) is 0 Å². The molecule has 2 atom stereocenters. The Kier molecular flexibility index (Phi) is 2.40. The summed E-state index contributed by atoms with van der Waals surface area (Å²) in [4.78, 5) is 10.8. The molecule has 2 rings (SSSR count). The largest absolute Gasteiger partial charge is 0.303 e. The van der Waals surface area contributed by atoms with E-state index in [2.05, 4.69) is 25.1 Å². The van der Waals surface area contributed by atoms with Crippen LogP contribution in [0.25, 0.3) is 0 Å². The lowest BCUT2D eigenvalue weighted by molar-refractivity contribution is -0.111. The number of aldehydes is 1. The highest BCUT2D eigenvalue weighted by molar-refractivity contribution is 5.57. The van der Waals surface area contributed by atoms with E-state index in [0.717, 1.165) is 19.1 Å². The molecule has 2 unspecified atom stereocenters. The lowest BCUT2D eigenvalue weighted by Gasteiger charge is -2.16. The fourth-order valence-corrected chi connectivity index (χ4v) is 2.57. The average Bonchev–Trinajstić information content (AvgIpc) is 2.62. The van der Waals surface area contributed by atoms with Crippen molar-refractivity contribution in [1.82, 2.24) is 0 Å². The van der Waals surface area contributed by atoms with E-state index in [1.807, 2.05) is 6.92 Å². The minimum absolute atomic E-state index is 0.164. The molecular formula is C13H16O. The van der Waals surface area contributed by atoms with E-state index >= 15 is 0 Å². The molecule has 0 aliphatic heterocycles. The van der Waals surface area contributed by atoms with Gasteiger partial charge in [0, 0.05) is 5.92 Å². The smallest absolute Gasteiger partial charge is 0.123 e. The van der Waals surface area contributed by atoms with E-state index in [9.17, 15) is 4.79 Å². The Balaban J connectivity index is 2.42. The first kappa shape index (κ1) is 9.45. The number of hydrogen-bond donors (Lipinski definition) is 0. The molecule has 0 bridgehead atoms. The Morgan fingerprint density at radius 3 is 3.00 bits per heavy atom. The summed E-state index contributed by atoms with van der Waals surface area (Å²) < 4.78 is 0. The molecule has 0 N–H and O–H groups in total. The molecule has 0 saturated carbocycles. The fourth-order valence-electron chi connectivity index (χ4n) is 2.57. The highest BCUT2D eigenvalue weighted by Gasteiger charge is 2.27. The van der Waals surface area contributed by atoms with Gasteiger partial charge >= 0.3 is 0 Å². The molecular weight excluding hydrogens is 172 g/mol. The van der Waals surface area contributed by atoms with E-state index in [1.54, 1.807) is 0 Å². The van der Waals surface area contributed by atoms with Crippen molar-refractivity contribution >= 4 is 6.29 Å². The van der Waals surface area contributed by atoms with Crippen LogP contribution in [-0.2, 0) is 11.2 Å². The molecule has 0 spiro atoms. The maximum Gasteiger partial charge on any atom is 0.123 e. The molecule has 1 aromatic rings. The first-order valence-electron chi connectivity index (χ1n) is 5.27. The van der Waals surface area contributed by atoms with Gasteiger partial charge in [-0.3, -0.25) is 0 Å². The van der Waals surface area contributed by atoms with Crippen LogP contribution in [-0.4, -0.2) is 6.29 Å². The Hall–Kier alpha value is -1.11. The maximum absolute atomic E-state index is 10.8. The van der Waals surface area contributed by atoms with Crippen LogP contribution in [0.1, 0.15) is 36.0 Å². The molecule has 0 radical (unpaired) electrons. The highest BCUT2D eigenvalue weighted by atomic mass is 16.1. The Morgan fingerprint density at radius 1 is 1.50 bits per heavy atom. The predicted octanol–water partition coefficient (Wildman–Crippen LogP) is 2.86. The quantitative estimate of drug-likeness (QED) is 0.652. The summed E-state index contributed by atoms with van der Waals surface area (Å²) in [5, 5.41) is 0. The van der Waals surface area contributed by atoms with Gasteiger partial charge in [0.25, 0.3) is 0 Å². The number of carbonyl (C=O) groups is 1. The second kappa shape index (κ2) is 3.56. The summed E-state index contributed by atoms with van der Waals surface area (Å²) in [6.07, 6.45) is 3.37. The summed E-state index contributed by atoms with van der Waals surface area (Å²) in [6, 6.07) is 6.46. The van der Waals surface area contributed by atoms with Gasteiger partial charge in [-0.15, -0.1) is 0 Å². The van der Waals surface area contributed by atoms with Crippen molar-refractivity contribution in [3.8, 4) is 0 Å². The number of hydrogen-bond acceptors (Lipinski definition) is 1. The summed E-state index contributed by atoms with van der Waals surface area (Å²) in [5.74, 6) is 0.626. The standard InChI is InChI=1S/C13H16O/c1-9-4-3-5-11-6-7-12(13(9)11)10(2)8-14/h3-5,8,10,12H,6-7H2,1-2H3. The first-order chi connectivity index (χ1) is 6.74. The third-order valence-electron chi connectivity index (χ3n) is 3.36. The van der Waals surface area contributed by atoms with Crippen molar-refractivity contribution in [2.45, 2.75) is 32.6 Å². The molecule has 0 heterocycles. The molecule has 0 aromatic heterocycles. The van der Waals surface area contributed by atoms with E-state index in [0.29, 0.717) is 5.92 Å².